The van der Waals surface area contributed by atoms with E-state index in [4.69, 9.17) is 16.6 Å². The molecule has 0 radical (unpaired) electrons. The summed E-state index contributed by atoms with van der Waals surface area (Å²) in [6.45, 7) is 8.14. The lowest BCUT2D eigenvalue weighted by Gasteiger charge is -2.33. The van der Waals surface area contributed by atoms with E-state index in [1.807, 2.05) is 0 Å². The van der Waals surface area contributed by atoms with Crippen LogP contribution in [0.1, 0.15) is 27.9 Å². The van der Waals surface area contributed by atoms with Crippen LogP contribution in [0.2, 0.25) is 5.02 Å². The summed E-state index contributed by atoms with van der Waals surface area (Å²) >= 11 is 7.36. The fraction of sp³-hybridized carbons (Fsp3) is 0.348. The first kappa shape index (κ1) is 23.2. The largest absolute Gasteiger partial charge is 0.345 e. The highest BCUT2D eigenvalue weighted by molar-refractivity contribution is 7.89. The molecule has 2 heterocycles. The molecule has 170 valence electrons. The van der Waals surface area contributed by atoms with Crippen LogP contribution >= 0.6 is 22.9 Å². The number of thiazole rings is 1. The molecule has 1 aromatic heterocycles. The summed E-state index contributed by atoms with van der Waals surface area (Å²) < 4.78 is 40.6. The van der Waals surface area contributed by atoms with Crippen LogP contribution in [0.15, 0.2) is 40.6 Å². The van der Waals surface area contributed by atoms with Crippen LogP contribution in [-0.2, 0) is 16.4 Å². The maximum Gasteiger partial charge on any atom is 0.243 e. The topological polar surface area (TPSA) is 53.5 Å². The summed E-state index contributed by atoms with van der Waals surface area (Å²) in [6, 6.07) is 7.90. The van der Waals surface area contributed by atoms with Gasteiger partial charge in [-0.05, 0) is 55.7 Å². The van der Waals surface area contributed by atoms with E-state index in [0.717, 1.165) is 23.3 Å². The van der Waals surface area contributed by atoms with Gasteiger partial charge in [-0.1, -0.05) is 29.3 Å². The predicted molar refractivity (Wildman–Crippen MR) is 128 cm³/mol. The van der Waals surface area contributed by atoms with Gasteiger partial charge in [0.15, 0.2) is 5.13 Å². The summed E-state index contributed by atoms with van der Waals surface area (Å²) in [6.07, 6.45) is 0.786. The minimum absolute atomic E-state index is 0.0118. The molecule has 0 N–H and O–H groups in total. The first-order valence-corrected chi connectivity index (χ1v) is 13.1. The number of aromatic nitrogens is 1. The minimum Gasteiger partial charge on any atom is -0.345 e. The van der Waals surface area contributed by atoms with Gasteiger partial charge in [-0.25, -0.2) is 17.8 Å². The van der Waals surface area contributed by atoms with E-state index in [1.54, 1.807) is 11.3 Å². The van der Waals surface area contributed by atoms with Crippen LogP contribution in [0.5, 0.6) is 0 Å². The van der Waals surface area contributed by atoms with Gasteiger partial charge in [-0.2, -0.15) is 4.31 Å². The van der Waals surface area contributed by atoms with Gasteiger partial charge in [-0.3, -0.25) is 0 Å². The van der Waals surface area contributed by atoms with Crippen molar-refractivity contribution in [1.82, 2.24) is 9.29 Å². The van der Waals surface area contributed by atoms with Crippen molar-refractivity contribution >= 4 is 38.1 Å². The third-order valence-electron chi connectivity index (χ3n) is 5.78. The standard InChI is InChI=1S/C23H25ClFN3O2S2/c1-15-10-16(2)20(17(3)11-15)12-18-14-31-23(26-18)27-6-8-28(9-7-27)32(29,30)19-4-5-22(25)21(24)13-19/h4-5,10-11,13-14H,6-9,12H2,1-3H3. The lowest BCUT2D eigenvalue weighted by molar-refractivity contribution is 0.384. The maximum atomic E-state index is 13.4. The zero-order chi connectivity index (χ0) is 23.0. The Labute approximate surface area is 197 Å². The van der Waals surface area contributed by atoms with Crippen molar-refractivity contribution in [2.24, 2.45) is 0 Å². The van der Waals surface area contributed by atoms with Gasteiger partial charge in [0, 0.05) is 38.0 Å². The number of hydrogen-bond acceptors (Lipinski definition) is 5. The number of nitrogens with zero attached hydrogens (tertiary/aromatic N) is 3. The highest BCUT2D eigenvalue weighted by Crippen LogP contribution is 2.28. The molecule has 4 rings (SSSR count). The molecule has 0 saturated carbocycles. The lowest BCUT2D eigenvalue weighted by Crippen LogP contribution is -2.48. The number of hydrogen-bond donors (Lipinski definition) is 0. The van der Waals surface area contributed by atoms with Gasteiger partial charge in [0.05, 0.1) is 15.6 Å². The fourth-order valence-corrected chi connectivity index (χ4v) is 6.67. The molecule has 2 aromatic carbocycles. The van der Waals surface area contributed by atoms with E-state index in [0.29, 0.717) is 26.2 Å². The van der Waals surface area contributed by atoms with E-state index in [2.05, 4.69) is 43.2 Å². The van der Waals surface area contributed by atoms with Crippen molar-refractivity contribution in [3.63, 3.8) is 0 Å². The molecule has 32 heavy (non-hydrogen) atoms. The van der Waals surface area contributed by atoms with Crippen molar-refractivity contribution in [1.29, 1.82) is 0 Å². The molecule has 1 saturated heterocycles. The number of anilines is 1. The Hall–Kier alpha value is -2.00. The Bertz CT molecular complexity index is 1230. The van der Waals surface area contributed by atoms with Gasteiger partial charge in [-0.15, -0.1) is 11.3 Å². The van der Waals surface area contributed by atoms with Crippen LogP contribution in [-0.4, -0.2) is 43.9 Å². The zero-order valence-corrected chi connectivity index (χ0v) is 20.6. The second kappa shape index (κ2) is 9.09. The second-order valence-electron chi connectivity index (χ2n) is 8.14. The SMILES string of the molecule is Cc1cc(C)c(Cc2csc(N3CCN(S(=O)(=O)c4ccc(F)c(Cl)c4)CC3)n2)c(C)c1. The van der Waals surface area contributed by atoms with E-state index >= 15 is 0 Å². The third kappa shape index (κ3) is 4.69. The van der Waals surface area contributed by atoms with Crippen molar-refractivity contribution in [2.45, 2.75) is 32.1 Å². The summed E-state index contributed by atoms with van der Waals surface area (Å²) in [5, 5.41) is 2.79. The van der Waals surface area contributed by atoms with Crippen LogP contribution in [0.3, 0.4) is 0 Å². The smallest absolute Gasteiger partial charge is 0.243 e. The van der Waals surface area contributed by atoms with Crippen molar-refractivity contribution in [3.8, 4) is 0 Å². The average molecular weight is 494 g/mol. The Morgan fingerprint density at radius 2 is 1.72 bits per heavy atom. The predicted octanol–water partition coefficient (Wildman–Crippen LogP) is 4.96. The molecule has 1 fully saturated rings. The van der Waals surface area contributed by atoms with Gasteiger partial charge in [0.1, 0.15) is 5.82 Å². The van der Waals surface area contributed by atoms with Crippen molar-refractivity contribution in [2.75, 3.05) is 31.1 Å². The summed E-state index contributed by atoms with van der Waals surface area (Å²) in [5.74, 6) is -0.633. The van der Waals surface area contributed by atoms with Crippen molar-refractivity contribution in [3.05, 3.63) is 74.5 Å². The molecule has 0 bridgehead atoms. The van der Waals surface area contributed by atoms with E-state index in [1.165, 1.54) is 38.7 Å². The quantitative estimate of drug-likeness (QED) is 0.504. The van der Waals surface area contributed by atoms with Crippen molar-refractivity contribution < 1.29 is 12.8 Å². The van der Waals surface area contributed by atoms with E-state index in [-0.39, 0.29) is 9.92 Å². The van der Waals surface area contributed by atoms with Gasteiger partial charge in [0.2, 0.25) is 10.0 Å². The molecule has 0 atom stereocenters. The lowest BCUT2D eigenvalue weighted by atomic mass is 9.96. The normalized spacial score (nSPS) is 15.3. The number of sulfonamides is 1. The van der Waals surface area contributed by atoms with Crippen LogP contribution in [0.4, 0.5) is 9.52 Å². The van der Waals surface area contributed by atoms with E-state index < -0.39 is 15.8 Å². The monoisotopic (exact) mass is 493 g/mol. The Kier molecular flexibility index (Phi) is 6.58. The average Bonchev–Trinajstić information content (AvgIpc) is 3.21. The van der Waals surface area contributed by atoms with Crippen LogP contribution < -0.4 is 4.90 Å². The molecule has 5 nitrogen and oxygen atoms in total. The number of piperazine rings is 1. The molecule has 0 spiro atoms. The number of halogens is 2. The number of benzene rings is 2. The molecular weight excluding hydrogens is 469 g/mol. The minimum atomic E-state index is -3.72. The maximum absolute atomic E-state index is 13.4. The Balaban J connectivity index is 1.43. The molecular formula is C23H25ClFN3O2S2. The van der Waals surface area contributed by atoms with E-state index in [9.17, 15) is 12.8 Å². The molecule has 0 amide bonds. The number of rotatable bonds is 5. The first-order valence-electron chi connectivity index (χ1n) is 10.4. The first-order chi connectivity index (χ1) is 15.1. The molecule has 3 aromatic rings. The fourth-order valence-electron chi connectivity index (χ4n) is 4.10. The Morgan fingerprint density at radius 3 is 2.34 bits per heavy atom. The van der Waals surface area contributed by atoms with Gasteiger partial charge >= 0.3 is 0 Å². The number of aryl methyl sites for hydroxylation is 3. The molecule has 0 aliphatic carbocycles. The Morgan fingerprint density at radius 1 is 1.06 bits per heavy atom. The molecule has 1 aliphatic rings. The van der Waals surface area contributed by atoms with Crippen LogP contribution in [0.25, 0.3) is 0 Å². The highest BCUT2D eigenvalue weighted by Gasteiger charge is 2.30. The van der Waals surface area contributed by atoms with Gasteiger partial charge in [0.25, 0.3) is 0 Å². The summed E-state index contributed by atoms with van der Waals surface area (Å²) in [4.78, 5) is 6.95. The molecule has 0 unspecified atom stereocenters. The van der Waals surface area contributed by atoms with Crippen LogP contribution in [0, 0.1) is 26.6 Å². The second-order valence-corrected chi connectivity index (χ2v) is 11.3. The summed E-state index contributed by atoms with van der Waals surface area (Å²) in [5.41, 5.74) is 6.14. The van der Waals surface area contributed by atoms with Gasteiger partial charge < -0.3 is 4.90 Å². The highest BCUT2D eigenvalue weighted by atomic mass is 35.5. The molecule has 1 aliphatic heterocycles. The molecule has 9 heteroatoms. The zero-order valence-electron chi connectivity index (χ0n) is 18.2. The third-order valence-corrected chi connectivity index (χ3v) is 8.91. The summed E-state index contributed by atoms with van der Waals surface area (Å²) in [7, 11) is -3.72.